The summed E-state index contributed by atoms with van der Waals surface area (Å²) >= 11 is 0. The molecule has 5 aromatic rings. The van der Waals surface area contributed by atoms with Gasteiger partial charge in [0.2, 0.25) is 11.8 Å². The molecule has 0 unspecified atom stereocenters. The first kappa shape index (κ1) is 44.3. The molecule has 4 N–H and O–H groups in total. The number of anilines is 1. The molecule has 65 heavy (non-hydrogen) atoms. The van der Waals surface area contributed by atoms with Crippen LogP contribution in [-0.2, 0) is 43.6 Å². The van der Waals surface area contributed by atoms with Gasteiger partial charge in [0.1, 0.15) is 29.9 Å². The van der Waals surface area contributed by atoms with Crippen molar-refractivity contribution in [3.63, 3.8) is 0 Å². The number of fused-ring (bicyclic) bond motifs is 3. The molecule has 14 nitrogen and oxygen atoms in total. The van der Waals surface area contributed by atoms with Crippen molar-refractivity contribution >= 4 is 35.4 Å². The second-order valence-electron chi connectivity index (χ2n) is 15.9. The van der Waals surface area contributed by atoms with Crippen molar-refractivity contribution in [3.8, 4) is 17.6 Å². The van der Waals surface area contributed by atoms with Crippen molar-refractivity contribution in [3.05, 3.63) is 167 Å². The maximum absolute atomic E-state index is 15.5. The summed E-state index contributed by atoms with van der Waals surface area (Å²) in [5.41, 5.74) is 1.70. The third-order valence-electron chi connectivity index (χ3n) is 12.3. The van der Waals surface area contributed by atoms with Gasteiger partial charge in [-0.05, 0) is 58.1 Å². The molecule has 0 aliphatic carbocycles. The van der Waals surface area contributed by atoms with Crippen LogP contribution in [0.2, 0.25) is 0 Å². The number of aliphatic hydroxyl groups excluding tert-OH is 2. The van der Waals surface area contributed by atoms with Gasteiger partial charge in [0.25, 0.3) is 0 Å². The van der Waals surface area contributed by atoms with Gasteiger partial charge in [-0.3, -0.25) is 28.9 Å². The van der Waals surface area contributed by atoms with Crippen molar-refractivity contribution in [2.75, 3.05) is 39.3 Å². The van der Waals surface area contributed by atoms with E-state index in [9.17, 15) is 19.8 Å². The Morgan fingerprint density at radius 1 is 0.815 bits per heavy atom. The van der Waals surface area contributed by atoms with Crippen LogP contribution in [0.5, 0.6) is 5.75 Å². The van der Waals surface area contributed by atoms with E-state index in [1.165, 1.54) is 0 Å². The second kappa shape index (κ2) is 19.2. The number of amides is 2. The number of esters is 3. The highest BCUT2D eigenvalue weighted by atomic mass is 16.6. The van der Waals surface area contributed by atoms with E-state index in [2.05, 4.69) is 22.5 Å². The van der Waals surface area contributed by atoms with Crippen molar-refractivity contribution in [1.82, 2.24) is 10.2 Å². The lowest BCUT2D eigenvalue weighted by Gasteiger charge is -2.46. The Labute approximate surface area is 375 Å². The first-order valence-corrected chi connectivity index (χ1v) is 21.1. The van der Waals surface area contributed by atoms with Gasteiger partial charge in [0, 0.05) is 24.2 Å². The number of nitrogens with one attached hydrogen (secondary N) is 2. The topological polar surface area (TPSA) is 190 Å². The molecule has 14 heteroatoms. The molecule has 7 atom stereocenters. The molecule has 3 heterocycles. The molecule has 2 fully saturated rings. The lowest BCUT2D eigenvalue weighted by atomic mass is 9.65. The molecule has 1 spiro atoms. The van der Waals surface area contributed by atoms with Gasteiger partial charge in [-0.25, -0.2) is 0 Å². The molecule has 0 saturated carbocycles. The lowest BCUT2D eigenvalue weighted by molar-refractivity contribution is -0.178. The Balaban J connectivity index is 1.36. The number of hydrogen-bond acceptors (Lipinski definition) is 12. The summed E-state index contributed by atoms with van der Waals surface area (Å²) in [4.78, 5) is 72.9. The summed E-state index contributed by atoms with van der Waals surface area (Å²) < 4.78 is 22.0. The number of benzene rings is 5. The average molecular weight is 878 g/mol. The minimum absolute atomic E-state index is 0.0203. The summed E-state index contributed by atoms with van der Waals surface area (Å²) in [6, 6.07) is 36.3. The van der Waals surface area contributed by atoms with Crippen LogP contribution in [0.25, 0.3) is 0 Å². The molecule has 2 saturated heterocycles. The average Bonchev–Trinajstić information content (AvgIpc) is 3.82. The lowest BCUT2D eigenvalue weighted by Crippen LogP contribution is -2.55. The normalized spacial score (nSPS) is 22.4. The summed E-state index contributed by atoms with van der Waals surface area (Å²) in [5.74, 6) is -0.141. The Kier molecular flexibility index (Phi) is 13.1. The first-order chi connectivity index (χ1) is 31.6. The molecule has 0 radical (unpaired) electrons. The Hall–Kier alpha value is -7.31. The fraction of sp³-hybridized carbons (Fsp3) is 0.275. The zero-order valence-corrected chi connectivity index (χ0v) is 35.6. The third kappa shape index (κ3) is 8.33. The van der Waals surface area contributed by atoms with Crippen molar-refractivity contribution < 1.29 is 53.1 Å². The van der Waals surface area contributed by atoms with Crippen LogP contribution < -0.4 is 15.4 Å². The summed E-state index contributed by atoms with van der Waals surface area (Å²) in [7, 11) is 2.32. The highest BCUT2D eigenvalue weighted by molar-refractivity contribution is 6.12. The monoisotopic (exact) mass is 877 g/mol. The van der Waals surface area contributed by atoms with E-state index >= 15 is 14.4 Å². The second-order valence-corrected chi connectivity index (χ2v) is 15.9. The van der Waals surface area contributed by atoms with Crippen molar-refractivity contribution in [2.24, 2.45) is 11.8 Å². The van der Waals surface area contributed by atoms with E-state index in [1.54, 1.807) is 60.7 Å². The van der Waals surface area contributed by atoms with E-state index in [0.29, 0.717) is 39.3 Å². The molecule has 3 aliphatic heterocycles. The number of nitrogens with zero attached hydrogens (tertiary/aromatic N) is 1. The summed E-state index contributed by atoms with van der Waals surface area (Å²) in [5, 5.41) is 27.0. The van der Waals surface area contributed by atoms with Gasteiger partial charge in [-0.2, -0.15) is 0 Å². The van der Waals surface area contributed by atoms with Gasteiger partial charge >= 0.3 is 17.9 Å². The van der Waals surface area contributed by atoms with Crippen LogP contribution in [0.1, 0.15) is 64.1 Å². The molecule has 332 valence electrons. The maximum atomic E-state index is 15.5. The predicted octanol–water partition coefficient (Wildman–Crippen LogP) is 4.88. The maximum Gasteiger partial charge on any atom is 0.324 e. The standard InChI is InChI=1S/C51H47N3O11/c1-62-47(58)37(48(59)63-2)23-12-14-31-24-25-39-38(28-31)51(50(61)53-39)41(46(57)52-30-40(56)32-15-6-3-7-16-32)43-49(60)65-44(34-19-10-5-11-20-34)42(33-17-8-4-9-18-33)54(43)45(51)35-21-13-22-36(29-35)64-27-26-55/h3-11,13,15-22,24-25,28-29,37,40-45,55-56H,23,26-27,30H2,1-2H3,(H,52,57)(H,53,61)/t40-,41-,42-,43-,44+,45+,51-/m0/s1. The predicted molar refractivity (Wildman–Crippen MR) is 236 cm³/mol. The number of aliphatic hydroxyl groups is 2. The fourth-order valence-corrected chi connectivity index (χ4v) is 9.51. The van der Waals surface area contributed by atoms with Gasteiger partial charge in [0.05, 0.1) is 44.9 Å². The number of hydrogen-bond donors (Lipinski definition) is 4. The molecule has 2 amide bonds. The molecular weight excluding hydrogens is 831 g/mol. The fourth-order valence-electron chi connectivity index (χ4n) is 9.51. The molecule has 0 aromatic heterocycles. The number of ether oxygens (including phenoxy) is 4. The van der Waals surface area contributed by atoms with Gasteiger partial charge in [-0.1, -0.05) is 115 Å². The Bertz CT molecular complexity index is 2620. The van der Waals surface area contributed by atoms with E-state index in [4.69, 9.17) is 18.9 Å². The quantitative estimate of drug-likeness (QED) is 0.0544. The van der Waals surface area contributed by atoms with Gasteiger partial charge < -0.3 is 39.8 Å². The molecule has 0 bridgehead atoms. The van der Waals surface area contributed by atoms with Gasteiger partial charge in [-0.15, -0.1) is 0 Å². The zero-order chi connectivity index (χ0) is 45.7. The Morgan fingerprint density at radius 3 is 2.12 bits per heavy atom. The molecular formula is C51H47N3O11. The number of carbonyl (C=O) groups is 5. The first-order valence-electron chi connectivity index (χ1n) is 21.1. The van der Waals surface area contributed by atoms with E-state index in [0.717, 1.165) is 19.8 Å². The van der Waals surface area contributed by atoms with Crippen LogP contribution in [0.4, 0.5) is 5.69 Å². The number of cyclic esters (lactones) is 1. The molecule has 3 aliphatic rings. The van der Waals surface area contributed by atoms with Crippen LogP contribution >= 0.6 is 0 Å². The number of rotatable bonds is 13. The highest BCUT2D eigenvalue weighted by Crippen LogP contribution is 2.65. The third-order valence-corrected chi connectivity index (χ3v) is 12.3. The van der Waals surface area contributed by atoms with E-state index in [1.807, 2.05) is 77.7 Å². The minimum atomic E-state index is -1.90. The van der Waals surface area contributed by atoms with E-state index < -0.39 is 77.3 Å². The van der Waals surface area contributed by atoms with Crippen LogP contribution in [0.3, 0.4) is 0 Å². The number of carbonyl (C=O) groups excluding carboxylic acids is 5. The summed E-state index contributed by atoms with van der Waals surface area (Å²) in [6.45, 7) is -0.528. The smallest absolute Gasteiger partial charge is 0.324 e. The minimum Gasteiger partial charge on any atom is -0.491 e. The molecule has 5 aromatic carbocycles. The summed E-state index contributed by atoms with van der Waals surface area (Å²) in [6.07, 6.45) is -2.28. The van der Waals surface area contributed by atoms with E-state index in [-0.39, 0.29) is 26.2 Å². The SMILES string of the molecule is COC(=O)C(CC#Cc1ccc2c(c1)[C@]1(C(=O)N2)[C@H](C(=O)NC[C@H](O)c2ccccc2)[C@H]2C(=O)O[C@H](c3ccccc3)[C@H](c3ccccc3)N2[C@@H]1c1cccc(OCCO)c1)C(=O)OC. The van der Waals surface area contributed by atoms with Crippen LogP contribution in [-0.4, -0.2) is 84.9 Å². The van der Waals surface area contributed by atoms with Crippen LogP contribution in [0, 0.1) is 23.7 Å². The molecule has 8 rings (SSSR count). The largest absolute Gasteiger partial charge is 0.491 e. The van der Waals surface area contributed by atoms with Crippen molar-refractivity contribution in [1.29, 1.82) is 0 Å². The van der Waals surface area contributed by atoms with Crippen LogP contribution in [0.15, 0.2) is 133 Å². The zero-order valence-electron chi connectivity index (χ0n) is 35.6. The number of methoxy groups -OCH3 is 2. The van der Waals surface area contributed by atoms with Crippen molar-refractivity contribution in [2.45, 2.75) is 42.2 Å². The van der Waals surface area contributed by atoms with Gasteiger partial charge in [0.15, 0.2) is 5.92 Å². The number of morpholine rings is 1. The highest BCUT2D eigenvalue weighted by Gasteiger charge is 2.74. The Morgan fingerprint density at radius 2 is 1.46 bits per heavy atom.